The van der Waals surface area contributed by atoms with E-state index in [1.807, 2.05) is 0 Å². The molecule has 0 saturated carbocycles. The molecule has 0 aliphatic carbocycles. The molecule has 0 aromatic rings. The van der Waals surface area contributed by atoms with Crippen LogP contribution in [0.1, 0.15) is 84.0 Å². The van der Waals surface area contributed by atoms with Gasteiger partial charge >= 0.3 is 0 Å². The summed E-state index contributed by atoms with van der Waals surface area (Å²) in [6, 6.07) is -3.57. The lowest BCUT2D eigenvalue weighted by molar-refractivity contribution is -0.349. The monoisotopic (exact) mass is 697 g/mol. The molecule has 0 amide bonds. The summed E-state index contributed by atoms with van der Waals surface area (Å²) in [5.41, 5.74) is 18.6. The van der Waals surface area contributed by atoms with E-state index in [1.54, 1.807) is 0 Å². The number of rotatable bonds is 21. The minimum absolute atomic E-state index is 0.326. The van der Waals surface area contributed by atoms with Crippen molar-refractivity contribution in [3.8, 4) is 0 Å². The zero-order valence-corrected chi connectivity index (χ0v) is 28.3. The van der Waals surface area contributed by atoms with Gasteiger partial charge in [0.25, 0.3) is 0 Å². The lowest BCUT2D eigenvalue weighted by atomic mass is 9.94. The molecule has 0 radical (unpaired) electrons. The van der Waals surface area contributed by atoms with Gasteiger partial charge in [-0.2, -0.15) is 0 Å². The van der Waals surface area contributed by atoms with E-state index in [4.69, 9.17) is 45.6 Å². The van der Waals surface area contributed by atoms with Gasteiger partial charge in [0.15, 0.2) is 18.9 Å². The molecule has 0 spiro atoms. The van der Waals surface area contributed by atoms with Gasteiger partial charge in [0.1, 0.15) is 54.9 Å². The number of nitrogens with two attached hydrogens (primary N) is 3. The van der Waals surface area contributed by atoms with Crippen LogP contribution in [0.2, 0.25) is 0 Å². The molecule has 16 nitrogen and oxygen atoms in total. The van der Waals surface area contributed by atoms with Crippen LogP contribution in [0.15, 0.2) is 0 Å². The Kier molecular flexibility index (Phi) is 18.9. The maximum Gasteiger partial charge on any atom is 0.176 e. The first-order valence-electron chi connectivity index (χ1n) is 17.8. The van der Waals surface area contributed by atoms with Crippen molar-refractivity contribution in [1.82, 2.24) is 0 Å². The number of ether oxygens (including phenoxy) is 6. The number of aliphatic hydroxyl groups is 7. The van der Waals surface area contributed by atoms with Crippen LogP contribution in [-0.2, 0) is 28.4 Å². The second kappa shape index (κ2) is 21.7. The Morgan fingerprint density at radius 2 is 0.958 bits per heavy atom. The normalized spacial score (nSPS) is 40.7. The zero-order valence-electron chi connectivity index (χ0n) is 28.3. The zero-order chi connectivity index (χ0) is 35.2. The van der Waals surface area contributed by atoms with Crippen molar-refractivity contribution in [3.63, 3.8) is 0 Å². The summed E-state index contributed by atoms with van der Waals surface area (Å²) in [7, 11) is 0. The van der Waals surface area contributed by atoms with Crippen molar-refractivity contribution in [2.24, 2.45) is 17.2 Å². The Labute approximate surface area is 283 Å². The van der Waals surface area contributed by atoms with E-state index in [0.29, 0.717) is 6.61 Å². The minimum Gasteiger partial charge on any atom is -0.394 e. The van der Waals surface area contributed by atoms with Crippen molar-refractivity contribution in [2.45, 2.75) is 176 Å². The highest BCUT2D eigenvalue weighted by Gasteiger charge is 2.52. The maximum atomic E-state index is 11.2. The van der Waals surface area contributed by atoms with Crippen LogP contribution in [0.3, 0.4) is 0 Å². The molecule has 284 valence electrons. The highest BCUT2D eigenvalue weighted by molar-refractivity contribution is 4.99. The van der Waals surface area contributed by atoms with E-state index in [2.05, 4.69) is 6.92 Å². The summed E-state index contributed by atoms with van der Waals surface area (Å²) >= 11 is 0. The molecular weight excluding hydrogens is 634 g/mol. The van der Waals surface area contributed by atoms with Crippen LogP contribution in [0.25, 0.3) is 0 Å². The number of hydrogen-bond donors (Lipinski definition) is 10. The highest BCUT2D eigenvalue weighted by Crippen LogP contribution is 2.32. The van der Waals surface area contributed by atoms with Gasteiger partial charge in [-0.25, -0.2) is 0 Å². The summed E-state index contributed by atoms with van der Waals surface area (Å²) in [6.45, 7) is 0.702. The van der Waals surface area contributed by atoms with E-state index in [9.17, 15) is 35.7 Å². The summed E-state index contributed by atoms with van der Waals surface area (Å²) in [4.78, 5) is 0. The molecule has 0 bridgehead atoms. The van der Waals surface area contributed by atoms with E-state index in [-0.39, 0.29) is 0 Å². The van der Waals surface area contributed by atoms with Crippen LogP contribution in [0, 0.1) is 0 Å². The van der Waals surface area contributed by atoms with E-state index >= 15 is 0 Å². The molecule has 3 rings (SSSR count). The SMILES string of the molecule is CCCCCCCCCCCCCCO[C@H]1C(O[C@@H]2O[C@H](CO)C(O[C@@H]3O[C@H](CO)[C@@H](O)[C@H](O)[C@H]3N)[C@H](O)[C@H]2N)[C@@H](CO)O[C@@H](O)[C@@H]1N. The predicted octanol–water partition coefficient (Wildman–Crippen LogP) is -1.95. The molecule has 0 aromatic carbocycles. The van der Waals surface area contributed by atoms with Gasteiger partial charge in [-0.05, 0) is 6.42 Å². The summed E-state index contributed by atoms with van der Waals surface area (Å²) < 4.78 is 34.9. The number of hydrogen-bond acceptors (Lipinski definition) is 16. The summed E-state index contributed by atoms with van der Waals surface area (Å²) in [5, 5.41) is 71.7. The van der Waals surface area contributed by atoms with E-state index < -0.39 is 112 Å². The van der Waals surface area contributed by atoms with Gasteiger partial charge in [0.2, 0.25) is 0 Å². The Morgan fingerprint density at radius 3 is 1.50 bits per heavy atom. The topological polar surface area (TPSA) is 275 Å². The first-order valence-corrected chi connectivity index (χ1v) is 17.8. The minimum atomic E-state index is -1.52. The maximum absolute atomic E-state index is 11.2. The molecule has 3 saturated heterocycles. The lowest BCUT2D eigenvalue weighted by Crippen LogP contribution is -2.69. The third-order valence-electron chi connectivity index (χ3n) is 9.61. The van der Waals surface area contributed by atoms with Gasteiger partial charge < -0.3 is 81.4 Å². The molecule has 3 aliphatic heterocycles. The summed E-state index contributed by atoms with van der Waals surface area (Å²) in [6.07, 6.45) is -1.29. The van der Waals surface area contributed by atoms with Crippen LogP contribution in [0.5, 0.6) is 0 Å². The molecule has 3 aliphatic rings. The standard InChI is InChI=1S/C32H63N3O13/c1-2-3-4-5-6-7-8-9-10-11-12-13-14-43-29-23(35)30(42)44-20(17-38)28(29)48-32-22(34)26(41)27(19(16-37)46-32)47-31-21(33)25(40)24(39)18(15-36)45-31/h18-32,36-42H,2-17,33-35H2,1H3/t18-,19-,20-,21-,22-,23-,24-,25-,26-,27?,28?,29-,30-,31+,32+/m1/s1. The molecule has 15 atom stereocenters. The van der Waals surface area contributed by atoms with Crippen molar-refractivity contribution < 1.29 is 64.2 Å². The quantitative estimate of drug-likeness (QED) is 0.0584. The van der Waals surface area contributed by atoms with Crippen molar-refractivity contribution in [3.05, 3.63) is 0 Å². The van der Waals surface area contributed by atoms with Gasteiger partial charge in [0, 0.05) is 6.61 Å². The molecule has 48 heavy (non-hydrogen) atoms. The Bertz CT molecular complexity index is 864. The predicted molar refractivity (Wildman–Crippen MR) is 172 cm³/mol. The van der Waals surface area contributed by atoms with Crippen LogP contribution in [-0.4, -0.2) is 154 Å². The molecule has 3 fully saturated rings. The molecule has 13 N–H and O–H groups in total. The number of unbranched alkanes of at least 4 members (excludes halogenated alkanes) is 11. The summed E-state index contributed by atoms with van der Waals surface area (Å²) in [5.74, 6) is 0. The average molecular weight is 698 g/mol. The largest absolute Gasteiger partial charge is 0.394 e. The molecule has 0 aromatic heterocycles. The second-order valence-corrected chi connectivity index (χ2v) is 13.3. The Balaban J connectivity index is 1.54. The van der Waals surface area contributed by atoms with Crippen molar-refractivity contribution in [1.29, 1.82) is 0 Å². The second-order valence-electron chi connectivity index (χ2n) is 13.3. The Hall–Kier alpha value is -0.640. The van der Waals surface area contributed by atoms with Gasteiger partial charge in [-0.3, -0.25) is 0 Å². The molecular formula is C32H63N3O13. The van der Waals surface area contributed by atoms with Crippen molar-refractivity contribution in [2.75, 3.05) is 26.4 Å². The third kappa shape index (κ3) is 11.4. The first-order chi connectivity index (χ1) is 23.1. The third-order valence-corrected chi connectivity index (χ3v) is 9.61. The fourth-order valence-corrected chi connectivity index (χ4v) is 6.53. The molecule has 3 heterocycles. The van der Waals surface area contributed by atoms with Gasteiger partial charge in [-0.15, -0.1) is 0 Å². The smallest absolute Gasteiger partial charge is 0.176 e. The first kappa shape index (κ1) is 41.8. The fourth-order valence-electron chi connectivity index (χ4n) is 6.53. The van der Waals surface area contributed by atoms with Crippen molar-refractivity contribution >= 4 is 0 Å². The Morgan fingerprint density at radius 1 is 0.500 bits per heavy atom. The van der Waals surface area contributed by atoms with E-state index in [1.165, 1.54) is 51.4 Å². The molecule has 2 unspecified atom stereocenters. The lowest BCUT2D eigenvalue weighted by Gasteiger charge is -2.49. The van der Waals surface area contributed by atoms with Crippen LogP contribution in [0.4, 0.5) is 0 Å². The highest BCUT2D eigenvalue weighted by atomic mass is 16.7. The van der Waals surface area contributed by atoms with Crippen LogP contribution >= 0.6 is 0 Å². The average Bonchev–Trinajstić information content (AvgIpc) is 3.08. The fraction of sp³-hybridized carbons (Fsp3) is 1.00. The number of aliphatic hydroxyl groups excluding tert-OH is 7. The van der Waals surface area contributed by atoms with Gasteiger partial charge in [0.05, 0.1) is 37.9 Å². The van der Waals surface area contributed by atoms with E-state index in [0.717, 1.165) is 25.7 Å². The molecule has 16 heteroatoms. The van der Waals surface area contributed by atoms with Crippen LogP contribution < -0.4 is 17.2 Å². The van der Waals surface area contributed by atoms with Gasteiger partial charge in [-0.1, -0.05) is 77.6 Å².